The molecule has 0 spiro atoms. The van der Waals surface area contributed by atoms with Crippen molar-refractivity contribution in [2.24, 2.45) is 5.92 Å². The third kappa shape index (κ3) is 6.34. The fourth-order valence-corrected chi connectivity index (χ4v) is 6.18. The van der Waals surface area contributed by atoms with Gasteiger partial charge in [-0.2, -0.15) is 0 Å². The SMILES string of the molecule is O=C(NC1CCC(c2cc[nH]c3cnc4nccc4c23)CC1)N1CCCC(COc2ccc(OC(F)(F)F)cc2)C1. The van der Waals surface area contributed by atoms with Gasteiger partial charge in [-0.05, 0) is 86.4 Å². The van der Waals surface area contributed by atoms with E-state index in [1.807, 2.05) is 23.4 Å². The number of likely N-dealkylation sites (tertiary alicyclic amines) is 1. The molecule has 2 N–H and O–H groups in total. The van der Waals surface area contributed by atoms with Crippen molar-refractivity contribution in [3.8, 4) is 11.5 Å². The van der Waals surface area contributed by atoms with Gasteiger partial charge >= 0.3 is 12.4 Å². The van der Waals surface area contributed by atoms with Crippen LogP contribution in [0.3, 0.4) is 0 Å². The van der Waals surface area contributed by atoms with Crippen LogP contribution in [0, 0.1) is 5.92 Å². The predicted molar refractivity (Wildman–Crippen MR) is 148 cm³/mol. The number of nitrogens with zero attached hydrogens (tertiary/aromatic N) is 3. The van der Waals surface area contributed by atoms with Gasteiger partial charge in [0.15, 0.2) is 5.65 Å². The van der Waals surface area contributed by atoms with E-state index in [4.69, 9.17) is 4.74 Å². The Labute approximate surface area is 235 Å². The Balaban J connectivity index is 0.996. The van der Waals surface area contributed by atoms with Gasteiger partial charge in [0.2, 0.25) is 0 Å². The molecule has 2 amide bonds. The number of benzene rings is 1. The Morgan fingerprint density at radius 3 is 2.59 bits per heavy atom. The predicted octanol–water partition coefficient (Wildman–Crippen LogP) is 6.54. The molecule has 2 fully saturated rings. The normalized spacial score (nSPS) is 21.6. The molecule has 1 atom stereocenters. The van der Waals surface area contributed by atoms with E-state index in [-0.39, 0.29) is 23.7 Å². The molecule has 1 aliphatic carbocycles. The average molecular weight is 568 g/mol. The fraction of sp³-hybridized carbons (Fsp3) is 0.433. The maximum atomic E-state index is 13.1. The monoisotopic (exact) mass is 567 g/mol. The number of nitrogens with one attached hydrogen (secondary N) is 2. The van der Waals surface area contributed by atoms with Gasteiger partial charge in [-0.1, -0.05) is 0 Å². The van der Waals surface area contributed by atoms with E-state index >= 15 is 0 Å². The van der Waals surface area contributed by atoms with E-state index < -0.39 is 6.36 Å². The van der Waals surface area contributed by atoms with Crippen LogP contribution in [0.4, 0.5) is 18.0 Å². The first-order valence-electron chi connectivity index (χ1n) is 14.1. The van der Waals surface area contributed by atoms with Gasteiger partial charge in [-0.25, -0.2) is 14.8 Å². The number of amides is 2. The number of H-pyrrole nitrogens is 1. The smallest absolute Gasteiger partial charge is 0.493 e. The molecule has 216 valence electrons. The van der Waals surface area contributed by atoms with Gasteiger partial charge in [0.05, 0.1) is 18.3 Å². The summed E-state index contributed by atoms with van der Waals surface area (Å²) in [7, 11) is 0. The van der Waals surface area contributed by atoms with Crippen molar-refractivity contribution in [1.82, 2.24) is 25.2 Å². The summed E-state index contributed by atoms with van der Waals surface area (Å²) >= 11 is 0. The Morgan fingerprint density at radius 2 is 1.80 bits per heavy atom. The number of fused-ring (bicyclic) bond motifs is 3. The molecule has 0 radical (unpaired) electrons. The van der Waals surface area contributed by atoms with Crippen LogP contribution < -0.4 is 14.8 Å². The number of pyridine rings is 2. The second-order valence-corrected chi connectivity index (χ2v) is 10.9. The maximum Gasteiger partial charge on any atom is 0.573 e. The summed E-state index contributed by atoms with van der Waals surface area (Å²) in [5.41, 5.74) is 3.08. The number of hydrogen-bond acceptors (Lipinski definition) is 5. The minimum atomic E-state index is -4.73. The largest absolute Gasteiger partial charge is 0.573 e. The topological polar surface area (TPSA) is 92.4 Å². The Hall–Kier alpha value is -4.02. The lowest BCUT2D eigenvalue weighted by atomic mass is 9.80. The highest BCUT2D eigenvalue weighted by molar-refractivity contribution is 6.05. The second-order valence-electron chi connectivity index (χ2n) is 10.9. The molecule has 41 heavy (non-hydrogen) atoms. The fourth-order valence-electron chi connectivity index (χ4n) is 6.18. The molecule has 8 nitrogen and oxygen atoms in total. The summed E-state index contributed by atoms with van der Waals surface area (Å²) in [4.78, 5) is 27.1. The minimum Gasteiger partial charge on any atom is -0.493 e. The van der Waals surface area contributed by atoms with Crippen LogP contribution in [0.15, 0.2) is 55.0 Å². The number of alkyl halides is 3. The quantitative estimate of drug-likeness (QED) is 0.276. The number of rotatable bonds is 6. The summed E-state index contributed by atoms with van der Waals surface area (Å²) < 4.78 is 46.8. The third-order valence-corrected chi connectivity index (χ3v) is 8.17. The van der Waals surface area contributed by atoms with E-state index in [9.17, 15) is 18.0 Å². The maximum absolute atomic E-state index is 13.1. The van der Waals surface area contributed by atoms with Crippen LogP contribution in [0.25, 0.3) is 21.9 Å². The van der Waals surface area contributed by atoms with Crippen LogP contribution >= 0.6 is 0 Å². The first-order chi connectivity index (χ1) is 19.8. The van der Waals surface area contributed by atoms with Crippen molar-refractivity contribution >= 4 is 28.0 Å². The van der Waals surface area contributed by atoms with Gasteiger partial charge in [-0.15, -0.1) is 13.2 Å². The molecule has 6 rings (SSSR count). The summed E-state index contributed by atoms with van der Waals surface area (Å²) in [6.07, 6.45) is 6.51. The Bertz CT molecular complexity index is 1500. The van der Waals surface area contributed by atoms with E-state index in [1.165, 1.54) is 35.2 Å². The molecule has 1 unspecified atom stereocenters. The Morgan fingerprint density at radius 1 is 1.02 bits per heavy atom. The minimum absolute atomic E-state index is 0.0396. The number of aromatic amines is 1. The van der Waals surface area contributed by atoms with E-state index in [1.54, 1.807) is 6.20 Å². The molecule has 0 bridgehead atoms. The number of ether oxygens (including phenoxy) is 2. The van der Waals surface area contributed by atoms with Crippen LogP contribution in [-0.4, -0.2) is 58.0 Å². The number of hydrogen-bond donors (Lipinski definition) is 2. The third-order valence-electron chi connectivity index (χ3n) is 8.17. The van der Waals surface area contributed by atoms with Gasteiger partial charge in [0, 0.05) is 48.2 Å². The van der Waals surface area contributed by atoms with Gasteiger partial charge in [0.1, 0.15) is 11.5 Å². The van der Waals surface area contributed by atoms with Crippen molar-refractivity contribution in [3.63, 3.8) is 0 Å². The zero-order valence-electron chi connectivity index (χ0n) is 22.5. The summed E-state index contributed by atoms with van der Waals surface area (Å²) in [5, 5.41) is 5.52. The number of aromatic nitrogens is 3. The molecule has 4 aromatic rings. The average Bonchev–Trinajstić information content (AvgIpc) is 3.46. The van der Waals surface area contributed by atoms with Gasteiger partial charge < -0.3 is 24.7 Å². The van der Waals surface area contributed by atoms with E-state index in [0.29, 0.717) is 31.4 Å². The number of urea groups is 1. The van der Waals surface area contributed by atoms with Crippen molar-refractivity contribution in [2.45, 2.75) is 56.8 Å². The zero-order chi connectivity index (χ0) is 28.4. The summed E-state index contributed by atoms with van der Waals surface area (Å²) in [6, 6.07) is 9.65. The number of piperidine rings is 1. The molecular weight excluding hydrogens is 535 g/mol. The molecule has 11 heteroatoms. The molecule has 1 saturated heterocycles. The molecule has 4 heterocycles. The van der Waals surface area contributed by atoms with Gasteiger partial charge in [-0.3, -0.25) is 0 Å². The van der Waals surface area contributed by atoms with E-state index in [0.717, 1.165) is 55.1 Å². The first-order valence-corrected chi connectivity index (χ1v) is 14.1. The molecule has 3 aromatic heterocycles. The standard InChI is InChI=1S/C30H32F3N5O3/c31-30(32,33)41-23-9-7-22(8-10-23)40-18-19-2-1-15-38(17-19)29(39)37-21-5-3-20(4-6-21)24-11-13-34-26-16-36-28-25(27(24)26)12-14-35-28/h7-14,16,19-21,34H,1-6,15,17-18H2,(H,37,39). The molecule has 1 aromatic carbocycles. The molecule has 1 aliphatic heterocycles. The lowest BCUT2D eigenvalue weighted by Gasteiger charge is -2.35. The van der Waals surface area contributed by atoms with Crippen LogP contribution in [-0.2, 0) is 0 Å². The highest BCUT2D eigenvalue weighted by Crippen LogP contribution is 2.38. The Kier molecular flexibility index (Phi) is 7.59. The van der Waals surface area contributed by atoms with Crippen LogP contribution in [0.5, 0.6) is 11.5 Å². The summed E-state index contributed by atoms with van der Waals surface area (Å²) in [5.74, 6) is 0.736. The van der Waals surface area contributed by atoms with Crippen molar-refractivity contribution in [2.75, 3.05) is 19.7 Å². The highest BCUT2D eigenvalue weighted by atomic mass is 19.4. The molecular formula is C30H32F3N5O3. The number of carbonyl (C=O) groups excluding carboxylic acids is 1. The molecule has 1 saturated carbocycles. The number of carbonyl (C=O) groups is 1. The first kappa shape index (κ1) is 27.2. The van der Waals surface area contributed by atoms with Crippen molar-refractivity contribution in [1.29, 1.82) is 0 Å². The second kappa shape index (κ2) is 11.5. The summed E-state index contributed by atoms with van der Waals surface area (Å²) in [6.45, 7) is 1.67. The zero-order valence-corrected chi connectivity index (χ0v) is 22.5. The lowest BCUT2D eigenvalue weighted by Crippen LogP contribution is -2.50. The van der Waals surface area contributed by atoms with Crippen LogP contribution in [0.2, 0.25) is 0 Å². The van der Waals surface area contributed by atoms with Gasteiger partial charge in [0.25, 0.3) is 0 Å². The van der Waals surface area contributed by atoms with E-state index in [2.05, 4.69) is 31.1 Å². The lowest BCUT2D eigenvalue weighted by molar-refractivity contribution is -0.274. The van der Waals surface area contributed by atoms with Crippen molar-refractivity contribution < 1.29 is 27.4 Å². The van der Waals surface area contributed by atoms with Crippen molar-refractivity contribution in [3.05, 3.63) is 60.6 Å². The highest BCUT2D eigenvalue weighted by Gasteiger charge is 2.31. The number of halogens is 3. The van der Waals surface area contributed by atoms with Crippen LogP contribution in [0.1, 0.15) is 50.0 Å². The molecule has 2 aliphatic rings.